The molecule has 1 aliphatic rings. The van der Waals surface area contributed by atoms with E-state index in [0.29, 0.717) is 5.56 Å². The summed E-state index contributed by atoms with van der Waals surface area (Å²) in [6.45, 7) is 1.94. The van der Waals surface area contributed by atoms with Crippen molar-refractivity contribution in [2.45, 2.75) is 19.4 Å². The van der Waals surface area contributed by atoms with Gasteiger partial charge in [-0.05, 0) is 32.0 Å². The van der Waals surface area contributed by atoms with Gasteiger partial charge in [-0.2, -0.15) is 0 Å². The van der Waals surface area contributed by atoms with Gasteiger partial charge in [0.2, 0.25) is 11.8 Å². The molecule has 1 saturated heterocycles. The van der Waals surface area contributed by atoms with Gasteiger partial charge in [0.15, 0.2) is 0 Å². The smallest absolute Gasteiger partial charge is 0.234 e. The molecule has 0 aromatic heterocycles. The summed E-state index contributed by atoms with van der Waals surface area (Å²) in [5.74, 6) is -0.317. The Bertz CT molecular complexity index is 528. The molecule has 1 aromatic rings. The Labute approximate surface area is 129 Å². The molecule has 22 heavy (non-hydrogen) atoms. The Morgan fingerprint density at radius 2 is 1.95 bits per heavy atom. The van der Waals surface area contributed by atoms with E-state index >= 15 is 0 Å². The van der Waals surface area contributed by atoms with Crippen LogP contribution in [0.25, 0.3) is 0 Å². The third-order valence-corrected chi connectivity index (χ3v) is 4.01. The molecule has 120 valence electrons. The zero-order valence-corrected chi connectivity index (χ0v) is 12.8. The SMILES string of the molecule is CNC(=O)C1CCN(CC(=O)NCc2ccccc2F)CC1. The number of likely N-dealkylation sites (tertiary alicyclic amines) is 1. The number of amides is 2. The van der Waals surface area contributed by atoms with Crippen molar-refractivity contribution < 1.29 is 14.0 Å². The average Bonchev–Trinajstić information content (AvgIpc) is 2.54. The van der Waals surface area contributed by atoms with Crippen LogP contribution >= 0.6 is 0 Å². The van der Waals surface area contributed by atoms with Crippen molar-refractivity contribution in [1.82, 2.24) is 15.5 Å². The summed E-state index contributed by atoms with van der Waals surface area (Å²) in [5, 5.41) is 5.39. The average molecular weight is 307 g/mol. The molecule has 1 aromatic carbocycles. The highest BCUT2D eigenvalue weighted by Crippen LogP contribution is 2.16. The maximum absolute atomic E-state index is 13.5. The quantitative estimate of drug-likeness (QED) is 0.850. The molecule has 0 atom stereocenters. The standard InChI is InChI=1S/C16H22FN3O2/c1-18-16(22)12-6-8-20(9-7-12)11-15(21)19-10-13-4-2-3-5-14(13)17/h2-5,12H,6-11H2,1H3,(H,18,22)(H,19,21). The lowest BCUT2D eigenvalue weighted by Gasteiger charge is -2.30. The molecule has 0 bridgehead atoms. The zero-order chi connectivity index (χ0) is 15.9. The van der Waals surface area contributed by atoms with Crippen LogP contribution in [-0.4, -0.2) is 43.4 Å². The molecule has 1 aliphatic heterocycles. The van der Waals surface area contributed by atoms with Crippen LogP contribution in [0.15, 0.2) is 24.3 Å². The molecule has 0 saturated carbocycles. The van der Waals surface area contributed by atoms with Gasteiger partial charge in [-0.25, -0.2) is 4.39 Å². The van der Waals surface area contributed by atoms with E-state index < -0.39 is 0 Å². The van der Waals surface area contributed by atoms with Crippen LogP contribution in [0, 0.1) is 11.7 Å². The van der Waals surface area contributed by atoms with Gasteiger partial charge < -0.3 is 10.6 Å². The number of rotatable bonds is 5. The van der Waals surface area contributed by atoms with Gasteiger partial charge in [-0.1, -0.05) is 18.2 Å². The summed E-state index contributed by atoms with van der Waals surface area (Å²) < 4.78 is 13.5. The Hall–Kier alpha value is -1.95. The second-order valence-corrected chi connectivity index (χ2v) is 5.53. The molecule has 1 fully saturated rings. The molecule has 1 heterocycles. The van der Waals surface area contributed by atoms with Crippen LogP contribution in [0.5, 0.6) is 0 Å². The second kappa shape index (κ2) is 7.89. The maximum atomic E-state index is 13.5. The molecule has 5 nitrogen and oxygen atoms in total. The summed E-state index contributed by atoms with van der Waals surface area (Å²) in [4.78, 5) is 25.5. The monoisotopic (exact) mass is 307 g/mol. The van der Waals surface area contributed by atoms with Gasteiger partial charge in [0, 0.05) is 25.1 Å². The van der Waals surface area contributed by atoms with E-state index in [4.69, 9.17) is 0 Å². The van der Waals surface area contributed by atoms with Crippen molar-refractivity contribution in [3.05, 3.63) is 35.6 Å². The fourth-order valence-electron chi connectivity index (χ4n) is 2.65. The van der Waals surface area contributed by atoms with Crippen LogP contribution in [0.2, 0.25) is 0 Å². The summed E-state index contributed by atoms with van der Waals surface area (Å²) >= 11 is 0. The number of hydrogen-bond acceptors (Lipinski definition) is 3. The number of carbonyl (C=O) groups is 2. The third kappa shape index (κ3) is 4.53. The normalized spacial score (nSPS) is 16.3. The van der Waals surface area contributed by atoms with Gasteiger partial charge in [0.05, 0.1) is 6.54 Å². The molecule has 2 rings (SSSR count). The van der Waals surface area contributed by atoms with Gasteiger partial charge in [0.1, 0.15) is 5.82 Å². The number of nitrogens with zero attached hydrogens (tertiary/aromatic N) is 1. The number of piperidine rings is 1. The molecule has 0 spiro atoms. The molecular formula is C16H22FN3O2. The number of benzene rings is 1. The summed E-state index contributed by atoms with van der Waals surface area (Å²) in [6, 6.07) is 6.40. The van der Waals surface area contributed by atoms with Crippen LogP contribution in [-0.2, 0) is 16.1 Å². The second-order valence-electron chi connectivity index (χ2n) is 5.53. The lowest BCUT2D eigenvalue weighted by molar-refractivity contribution is -0.126. The number of hydrogen-bond donors (Lipinski definition) is 2. The molecule has 2 amide bonds. The minimum Gasteiger partial charge on any atom is -0.359 e. The van der Waals surface area contributed by atoms with Crippen molar-refractivity contribution in [3.63, 3.8) is 0 Å². The number of carbonyl (C=O) groups excluding carboxylic acids is 2. The topological polar surface area (TPSA) is 61.4 Å². The fourth-order valence-corrected chi connectivity index (χ4v) is 2.65. The predicted octanol–water partition coefficient (Wildman–Crippen LogP) is 0.900. The van der Waals surface area contributed by atoms with E-state index in [9.17, 15) is 14.0 Å². The van der Waals surface area contributed by atoms with E-state index in [1.807, 2.05) is 4.90 Å². The maximum Gasteiger partial charge on any atom is 0.234 e. The minimum absolute atomic E-state index is 0.0442. The first kappa shape index (κ1) is 16.4. The largest absolute Gasteiger partial charge is 0.359 e. The van der Waals surface area contributed by atoms with Crippen molar-refractivity contribution in [2.75, 3.05) is 26.7 Å². The van der Waals surface area contributed by atoms with Gasteiger partial charge in [-0.3, -0.25) is 14.5 Å². The predicted molar refractivity (Wildman–Crippen MR) is 81.5 cm³/mol. The molecule has 0 radical (unpaired) electrons. The molecular weight excluding hydrogens is 285 g/mol. The van der Waals surface area contributed by atoms with E-state index in [2.05, 4.69) is 10.6 Å². The lowest BCUT2D eigenvalue weighted by Crippen LogP contribution is -2.44. The molecule has 2 N–H and O–H groups in total. The van der Waals surface area contributed by atoms with Crippen molar-refractivity contribution in [1.29, 1.82) is 0 Å². The molecule has 0 aliphatic carbocycles. The van der Waals surface area contributed by atoms with Gasteiger partial charge >= 0.3 is 0 Å². The third-order valence-electron chi connectivity index (χ3n) is 4.01. The zero-order valence-electron chi connectivity index (χ0n) is 12.8. The summed E-state index contributed by atoms with van der Waals surface area (Å²) in [6.07, 6.45) is 1.53. The Kier molecular flexibility index (Phi) is 5.89. The van der Waals surface area contributed by atoms with Crippen molar-refractivity contribution in [3.8, 4) is 0 Å². The Morgan fingerprint density at radius 3 is 2.59 bits per heavy atom. The first-order valence-electron chi connectivity index (χ1n) is 7.54. The van der Waals surface area contributed by atoms with Crippen LogP contribution in [0.3, 0.4) is 0 Å². The Balaban J connectivity index is 1.72. The lowest BCUT2D eigenvalue weighted by atomic mass is 9.96. The van der Waals surface area contributed by atoms with Crippen LogP contribution < -0.4 is 10.6 Å². The highest BCUT2D eigenvalue weighted by Gasteiger charge is 2.25. The summed E-state index contributed by atoms with van der Waals surface area (Å²) in [5.41, 5.74) is 0.481. The Morgan fingerprint density at radius 1 is 1.27 bits per heavy atom. The van der Waals surface area contributed by atoms with E-state index in [-0.39, 0.29) is 36.6 Å². The highest BCUT2D eigenvalue weighted by molar-refractivity contribution is 5.79. The number of halogens is 1. The van der Waals surface area contributed by atoms with E-state index in [1.54, 1.807) is 25.2 Å². The van der Waals surface area contributed by atoms with Gasteiger partial charge in [0.25, 0.3) is 0 Å². The summed E-state index contributed by atoms with van der Waals surface area (Å²) in [7, 11) is 1.64. The first-order valence-corrected chi connectivity index (χ1v) is 7.54. The van der Waals surface area contributed by atoms with Crippen molar-refractivity contribution in [2.24, 2.45) is 5.92 Å². The van der Waals surface area contributed by atoms with Crippen LogP contribution in [0.4, 0.5) is 4.39 Å². The number of nitrogens with one attached hydrogen (secondary N) is 2. The molecule has 0 unspecified atom stereocenters. The highest BCUT2D eigenvalue weighted by atomic mass is 19.1. The first-order chi connectivity index (χ1) is 10.6. The van der Waals surface area contributed by atoms with Crippen LogP contribution in [0.1, 0.15) is 18.4 Å². The van der Waals surface area contributed by atoms with E-state index in [1.165, 1.54) is 6.07 Å². The minimum atomic E-state index is -0.311. The van der Waals surface area contributed by atoms with E-state index in [0.717, 1.165) is 25.9 Å². The fraction of sp³-hybridized carbons (Fsp3) is 0.500. The van der Waals surface area contributed by atoms with Crippen molar-refractivity contribution >= 4 is 11.8 Å². The van der Waals surface area contributed by atoms with Gasteiger partial charge in [-0.15, -0.1) is 0 Å². The molecule has 6 heteroatoms.